The molecule has 4 nitrogen and oxygen atoms in total. The number of aromatic amines is 1. The second-order valence-corrected chi connectivity index (χ2v) is 7.32. The van der Waals surface area contributed by atoms with Crippen molar-refractivity contribution in [2.24, 2.45) is 0 Å². The molecule has 0 unspecified atom stereocenters. The number of hydrogen-bond donors (Lipinski definition) is 2. The Morgan fingerprint density at radius 3 is 2.38 bits per heavy atom. The maximum atomic E-state index is 12.2. The van der Waals surface area contributed by atoms with Crippen molar-refractivity contribution in [3.8, 4) is 11.4 Å². The molecule has 144 valence electrons. The molecule has 0 aliphatic carbocycles. The fourth-order valence-corrected chi connectivity index (χ4v) is 3.15. The molecule has 0 bridgehead atoms. The highest BCUT2D eigenvalue weighted by Crippen LogP contribution is 2.22. The number of H-pyrrole nitrogens is 1. The molecule has 0 saturated heterocycles. The number of amides is 1. The minimum atomic E-state index is -0.158. The summed E-state index contributed by atoms with van der Waals surface area (Å²) < 4.78 is 0. The fraction of sp³-hybridized carbons (Fsp3) is 0.120. The number of imidazole rings is 1. The van der Waals surface area contributed by atoms with E-state index in [0.717, 1.165) is 33.7 Å². The van der Waals surface area contributed by atoms with Gasteiger partial charge in [0.2, 0.25) is 5.91 Å². The molecule has 0 radical (unpaired) electrons. The molecule has 0 aliphatic rings. The number of nitrogens with one attached hydrogen (secondary N) is 2. The summed E-state index contributed by atoms with van der Waals surface area (Å²) in [7, 11) is 0. The molecule has 0 atom stereocenters. The Morgan fingerprint density at radius 1 is 0.966 bits per heavy atom. The van der Waals surface area contributed by atoms with Crippen molar-refractivity contribution in [2.45, 2.75) is 19.8 Å². The summed E-state index contributed by atoms with van der Waals surface area (Å²) in [4.78, 5) is 20.1. The third-order valence-electron chi connectivity index (χ3n) is 4.85. The van der Waals surface area contributed by atoms with E-state index in [9.17, 15) is 4.79 Å². The molecule has 4 heteroatoms. The molecule has 0 spiro atoms. The Kier molecular flexibility index (Phi) is 5.25. The summed E-state index contributed by atoms with van der Waals surface area (Å²) in [5.41, 5.74) is 5.95. The van der Waals surface area contributed by atoms with E-state index in [1.54, 1.807) is 6.08 Å². The van der Waals surface area contributed by atoms with Crippen molar-refractivity contribution >= 4 is 28.7 Å². The van der Waals surface area contributed by atoms with Crippen LogP contribution in [0.4, 0.5) is 5.69 Å². The van der Waals surface area contributed by atoms with Crippen LogP contribution in [-0.2, 0) is 4.79 Å². The summed E-state index contributed by atoms with van der Waals surface area (Å²) in [5.74, 6) is 1.15. The van der Waals surface area contributed by atoms with E-state index in [4.69, 9.17) is 0 Å². The van der Waals surface area contributed by atoms with Crippen molar-refractivity contribution in [1.82, 2.24) is 9.97 Å². The number of benzene rings is 3. The maximum absolute atomic E-state index is 12.2. The lowest BCUT2D eigenvalue weighted by Crippen LogP contribution is -2.07. The first-order valence-corrected chi connectivity index (χ1v) is 9.73. The predicted molar refractivity (Wildman–Crippen MR) is 120 cm³/mol. The SMILES string of the molecule is CC(C)c1ccc(/C=C/C(=O)Nc2ccc(-c3nc4ccccc4[nH]3)cc2)cc1. The second kappa shape index (κ2) is 8.15. The van der Waals surface area contributed by atoms with Gasteiger partial charge >= 0.3 is 0 Å². The van der Waals surface area contributed by atoms with Crippen LogP contribution < -0.4 is 5.32 Å². The number of anilines is 1. The topological polar surface area (TPSA) is 57.8 Å². The van der Waals surface area contributed by atoms with Crippen LogP contribution in [0.2, 0.25) is 0 Å². The first kappa shape index (κ1) is 18.7. The average Bonchev–Trinajstić information content (AvgIpc) is 3.17. The Bertz CT molecular complexity index is 1120. The molecule has 1 amide bonds. The fourth-order valence-electron chi connectivity index (χ4n) is 3.15. The standard InChI is InChI=1S/C25H23N3O/c1-17(2)19-10-7-18(8-11-19)9-16-24(29)26-21-14-12-20(13-15-21)25-27-22-5-3-4-6-23(22)28-25/h3-17H,1-2H3,(H,26,29)(H,27,28)/b16-9+. The first-order chi connectivity index (χ1) is 14.1. The van der Waals surface area contributed by atoms with Gasteiger partial charge in [0.15, 0.2) is 0 Å². The molecular weight excluding hydrogens is 358 g/mol. The molecule has 1 aromatic heterocycles. The Morgan fingerprint density at radius 2 is 1.69 bits per heavy atom. The highest BCUT2D eigenvalue weighted by Gasteiger charge is 2.05. The molecule has 29 heavy (non-hydrogen) atoms. The molecule has 0 fully saturated rings. The van der Waals surface area contributed by atoms with E-state index >= 15 is 0 Å². The van der Waals surface area contributed by atoms with Gasteiger partial charge < -0.3 is 10.3 Å². The highest BCUT2D eigenvalue weighted by atomic mass is 16.1. The Balaban J connectivity index is 1.40. The Labute approximate surface area is 170 Å². The van der Waals surface area contributed by atoms with Crippen LogP contribution in [0.25, 0.3) is 28.5 Å². The summed E-state index contributed by atoms with van der Waals surface area (Å²) in [6.45, 7) is 4.33. The summed E-state index contributed by atoms with van der Waals surface area (Å²) in [6.07, 6.45) is 3.37. The monoisotopic (exact) mass is 381 g/mol. The lowest BCUT2D eigenvalue weighted by Gasteiger charge is -2.05. The molecule has 4 rings (SSSR count). The quantitative estimate of drug-likeness (QED) is 0.416. The largest absolute Gasteiger partial charge is 0.338 e. The van der Waals surface area contributed by atoms with Crippen LogP contribution >= 0.6 is 0 Å². The average molecular weight is 381 g/mol. The van der Waals surface area contributed by atoms with Crippen LogP contribution in [-0.4, -0.2) is 15.9 Å². The molecule has 3 aromatic carbocycles. The molecule has 2 N–H and O–H groups in total. The number of hydrogen-bond acceptors (Lipinski definition) is 2. The number of nitrogens with zero attached hydrogens (tertiary/aromatic N) is 1. The Hall–Kier alpha value is -3.66. The first-order valence-electron chi connectivity index (χ1n) is 9.73. The van der Waals surface area contributed by atoms with Gasteiger partial charge in [-0.15, -0.1) is 0 Å². The van der Waals surface area contributed by atoms with E-state index < -0.39 is 0 Å². The summed E-state index contributed by atoms with van der Waals surface area (Å²) in [6, 6.07) is 23.8. The van der Waals surface area contributed by atoms with Gasteiger partial charge in [-0.2, -0.15) is 0 Å². The number of carbonyl (C=O) groups is 1. The maximum Gasteiger partial charge on any atom is 0.248 e. The summed E-state index contributed by atoms with van der Waals surface area (Å²) in [5, 5.41) is 2.89. The van der Waals surface area contributed by atoms with Crippen LogP contribution in [0.3, 0.4) is 0 Å². The van der Waals surface area contributed by atoms with Gasteiger partial charge in [-0.1, -0.05) is 50.2 Å². The molecule has 1 heterocycles. The number of para-hydroxylation sites is 2. The van der Waals surface area contributed by atoms with Crippen LogP contribution in [0.15, 0.2) is 78.9 Å². The summed E-state index contributed by atoms with van der Waals surface area (Å²) >= 11 is 0. The smallest absolute Gasteiger partial charge is 0.248 e. The molecular formula is C25H23N3O. The number of rotatable bonds is 5. The lowest BCUT2D eigenvalue weighted by atomic mass is 10.0. The van der Waals surface area contributed by atoms with E-state index in [2.05, 4.69) is 41.3 Å². The van der Waals surface area contributed by atoms with E-state index in [0.29, 0.717) is 5.92 Å². The van der Waals surface area contributed by atoms with Crippen LogP contribution in [0, 0.1) is 0 Å². The zero-order valence-electron chi connectivity index (χ0n) is 16.5. The van der Waals surface area contributed by atoms with Crippen molar-refractivity contribution in [3.05, 3.63) is 90.0 Å². The van der Waals surface area contributed by atoms with Crippen molar-refractivity contribution in [1.29, 1.82) is 0 Å². The molecule has 4 aromatic rings. The van der Waals surface area contributed by atoms with Gasteiger partial charge in [0.25, 0.3) is 0 Å². The van der Waals surface area contributed by atoms with Gasteiger partial charge in [0.05, 0.1) is 11.0 Å². The van der Waals surface area contributed by atoms with Crippen molar-refractivity contribution in [3.63, 3.8) is 0 Å². The number of carbonyl (C=O) groups excluding carboxylic acids is 1. The van der Waals surface area contributed by atoms with Crippen LogP contribution in [0.1, 0.15) is 30.9 Å². The minimum absolute atomic E-state index is 0.158. The van der Waals surface area contributed by atoms with E-state index in [1.165, 1.54) is 5.56 Å². The normalized spacial score (nSPS) is 11.4. The van der Waals surface area contributed by atoms with Crippen LogP contribution in [0.5, 0.6) is 0 Å². The highest BCUT2D eigenvalue weighted by molar-refractivity contribution is 6.02. The number of aromatic nitrogens is 2. The van der Waals surface area contributed by atoms with Gasteiger partial charge in [0.1, 0.15) is 5.82 Å². The van der Waals surface area contributed by atoms with Gasteiger partial charge in [-0.05, 0) is 59.5 Å². The zero-order valence-corrected chi connectivity index (χ0v) is 16.5. The van der Waals surface area contributed by atoms with E-state index in [1.807, 2.05) is 66.7 Å². The van der Waals surface area contributed by atoms with Gasteiger partial charge in [-0.3, -0.25) is 4.79 Å². The molecule has 0 aliphatic heterocycles. The van der Waals surface area contributed by atoms with Crippen molar-refractivity contribution < 1.29 is 4.79 Å². The molecule has 0 saturated carbocycles. The number of fused-ring (bicyclic) bond motifs is 1. The van der Waals surface area contributed by atoms with Gasteiger partial charge in [-0.25, -0.2) is 4.98 Å². The van der Waals surface area contributed by atoms with E-state index in [-0.39, 0.29) is 5.91 Å². The zero-order chi connectivity index (χ0) is 20.2. The second-order valence-electron chi connectivity index (χ2n) is 7.32. The van der Waals surface area contributed by atoms with Crippen molar-refractivity contribution in [2.75, 3.05) is 5.32 Å². The third kappa shape index (κ3) is 4.43. The third-order valence-corrected chi connectivity index (χ3v) is 4.85. The predicted octanol–water partition coefficient (Wildman–Crippen LogP) is 6.01. The van der Waals surface area contributed by atoms with Gasteiger partial charge in [0, 0.05) is 17.3 Å². The lowest BCUT2D eigenvalue weighted by molar-refractivity contribution is -0.111. The minimum Gasteiger partial charge on any atom is -0.338 e.